The third-order valence-corrected chi connectivity index (χ3v) is 4.29. The summed E-state index contributed by atoms with van der Waals surface area (Å²) < 4.78 is 27.9. The molecular weight excluding hydrogens is 296 g/mol. The Kier molecular flexibility index (Phi) is 4.17. The number of aryl methyl sites for hydroxylation is 1. The summed E-state index contributed by atoms with van der Waals surface area (Å²) in [7, 11) is -1.89. The predicted octanol–water partition coefficient (Wildman–Crippen LogP) is 0.533. The van der Waals surface area contributed by atoms with E-state index in [-0.39, 0.29) is 11.4 Å². The van der Waals surface area contributed by atoms with Gasteiger partial charge in [0.15, 0.2) is 0 Å². The zero-order valence-corrected chi connectivity index (χ0v) is 12.4. The highest BCUT2D eigenvalue weighted by Gasteiger charge is 2.15. The molecule has 8 heteroatoms. The minimum absolute atomic E-state index is 0.139. The summed E-state index contributed by atoms with van der Waals surface area (Å²) in [5, 5.41) is 3.84. The van der Waals surface area contributed by atoms with Crippen LogP contribution in [0.3, 0.4) is 0 Å². The number of sulfonamides is 1. The molecule has 1 heterocycles. The van der Waals surface area contributed by atoms with Gasteiger partial charge in [0.05, 0.1) is 6.20 Å². The maximum Gasteiger partial charge on any atom is 0.243 e. The number of nitrogens with zero attached hydrogens (tertiary/aromatic N) is 2. The van der Waals surface area contributed by atoms with E-state index in [1.165, 1.54) is 17.1 Å². The molecule has 0 aliphatic heterocycles. The summed E-state index contributed by atoms with van der Waals surface area (Å²) in [5.74, 6) is 0. The van der Waals surface area contributed by atoms with Crippen LogP contribution >= 0.6 is 12.2 Å². The monoisotopic (exact) mass is 310 g/mol. The first-order chi connectivity index (χ1) is 9.38. The van der Waals surface area contributed by atoms with E-state index in [2.05, 4.69) is 9.82 Å². The number of rotatable bonds is 5. The van der Waals surface area contributed by atoms with Gasteiger partial charge in [0, 0.05) is 25.4 Å². The van der Waals surface area contributed by atoms with Crippen LogP contribution in [0, 0.1) is 0 Å². The zero-order valence-electron chi connectivity index (χ0n) is 10.8. The lowest BCUT2D eigenvalue weighted by Gasteiger charge is -2.05. The molecule has 0 saturated carbocycles. The molecule has 0 unspecified atom stereocenters. The van der Waals surface area contributed by atoms with Gasteiger partial charge in [-0.25, -0.2) is 13.1 Å². The highest BCUT2D eigenvalue weighted by atomic mass is 32.2. The Hall–Kier alpha value is -1.77. The van der Waals surface area contributed by atoms with Gasteiger partial charge in [0.2, 0.25) is 10.0 Å². The van der Waals surface area contributed by atoms with Crippen molar-refractivity contribution in [3.63, 3.8) is 0 Å². The van der Waals surface area contributed by atoms with Crippen LogP contribution in [0.5, 0.6) is 0 Å². The topological polar surface area (TPSA) is 90.0 Å². The van der Waals surface area contributed by atoms with Crippen molar-refractivity contribution in [3.05, 3.63) is 47.8 Å². The Morgan fingerprint density at radius 3 is 2.55 bits per heavy atom. The van der Waals surface area contributed by atoms with E-state index in [0.717, 1.165) is 11.1 Å². The van der Waals surface area contributed by atoms with E-state index in [1.807, 2.05) is 0 Å². The second-order valence-electron chi connectivity index (χ2n) is 4.24. The summed E-state index contributed by atoms with van der Waals surface area (Å²) in [6.45, 7) is 0.189. The van der Waals surface area contributed by atoms with E-state index in [1.54, 1.807) is 31.3 Å². The van der Waals surface area contributed by atoms with Gasteiger partial charge in [0.1, 0.15) is 9.88 Å². The van der Waals surface area contributed by atoms with Crippen LogP contribution in [0.2, 0.25) is 0 Å². The zero-order chi connectivity index (χ0) is 14.8. The Labute approximate surface area is 122 Å². The molecule has 2 aromatic rings. The second kappa shape index (κ2) is 5.70. The van der Waals surface area contributed by atoms with Gasteiger partial charge >= 0.3 is 0 Å². The third kappa shape index (κ3) is 3.41. The number of nitrogens with two attached hydrogens (primary N) is 1. The van der Waals surface area contributed by atoms with Crippen LogP contribution in [0.25, 0.3) is 0 Å². The predicted molar refractivity (Wildman–Crippen MR) is 79.6 cm³/mol. The fourth-order valence-electron chi connectivity index (χ4n) is 1.59. The molecule has 0 saturated heterocycles. The highest BCUT2D eigenvalue weighted by Crippen LogP contribution is 2.09. The Morgan fingerprint density at radius 2 is 2.05 bits per heavy atom. The van der Waals surface area contributed by atoms with E-state index < -0.39 is 10.0 Å². The van der Waals surface area contributed by atoms with Gasteiger partial charge in [-0.05, 0) is 5.56 Å². The molecule has 0 radical (unpaired) electrons. The van der Waals surface area contributed by atoms with Crippen molar-refractivity contribution >= 4 is 27.2 Å². The summed E-state index contributed by atoms with van der Waals surface area (Å²) in [4.78, 5) is 0.451. The van der Waals surface area contributed by atoms with Gasteiger partial charge in [-0.15, -0.1) is 0 Å². The lowest BCUT2D eigenvalue weighted by molar-refractivity contribution is 0.581. The number of nitrogens with one attached hydrogen (secondary N) is 1. The van der Waals surface area contributed by atoms with Crippen molar-refractivity contribution in [1.82, 2.24) is 14.5 Å². The van der Waals surface area contributed by atoms with Crippen LogP contribution in [0.4, 0.5) is 0 Å². The van der Waals surface area contributed by atoms with Crippen molar-refractivity contribution in [2.75, 3.05) is 0 Å². The van der Waals surface area contributed by atoms with Crippen molar-refractivity contribution in [3.8, 4) is 0 Å². The fraction of sp³-hybridized carbons (Fsp3) is 0.167. The van der Waals surface area contributed by atoms with Crippen LogP contribution in [-0.2, 0) is 23.6 Å². The molecule has 1 aromatic carbocycles. The van der Waals surface area contributed by atoms with Crippen LogP contribution in [-0.4, -0.2) is 23.2 Å². The standard InChI is InChI=1S/C12H14N4O2S2/c1-16-8-11(7-14-16)20(17,18)15-6-9-2-4-10(5-3-9)12(13)19/h2-5,7-8,15H,6H2,1H3,(H2,13,19). The molecule has 2 rings (SSSR count). The van der Waals surface area contributed by atoms with E-state index >= 15 is 0 Å². The first-order valence-electron chi connectivity index (χ1n) is 5.75. The van der Waals surface area contributed by atoms with Crippen molar-refractivity contribution in [2.45, 2.75) is 11.4 Å². The first-order valence-corrected chi connectivity index (χ1v) is 7.65. The molecular formula is C12H14N4O2S2. The minimum Gasteiger partial charge on any atom is -0.389 e. The third-order valence-electron chi connectivity index (χ3n) is 2.70. The second-order valence-corrected chi connectivity index (χ2v) is 6.44. The molecule has 0 aliphatic rings. The number of hydrogen-bond donors (Lipinski definition) is 2. The van der Waals surface area contributed by atoms with Gasteiger partial charge in [-0.1, -0.05) is 36.5 Å². The molecule has 0 atom stereocenters. The molecule has 0 amide bonds. The number of thiocarbonyl (C=S) groups is 1. The fourth-order valence-corrected chi connectivity index (χ4v) is 2.72. The van der Waals surface area contributed by atoms with Gasteiger partial charge in [0.25, 0.3) is 0 Å². The minimum atomic E-state index is -3.55. The molecule has 106 valence electrons. The van der Waals surface area contributed by atoms with Gasteiger partial charge in [-0.3, -0.25) is 4.68 Å². The molecule has 0 aliphatic carbocycles. The smallest absolute Gasteiger partial charge is 0.243 e. The van der Waals surface area contributed by atoms with Gasteiger partial charge in [-0.2, -0.15) is 5.10 Å². The normalized spacial score (nSPS) is 11.4. The van der Waals surface area contributed by atoms with Crippen LogP contribution in [0.1, 0.15) is 11.1 Å². The average molecular weight is 310 g/mol. The Morgan fingerprint density at radius 1 is 1.40 bits per heavy atom. The Bertz CT molecular complexity index is 720. The molecule has 0 fully saturated rings. The SMILES string of the molecule is Cn1cc(S(=O)(=O)NCc2ccc(C(N)=S)cc2)cn1. The largest absolute Gasteiger partial charge is 0.389 e. The summed E-state index contributed by atoms with van der Waals surface area (Å²) in [6.07, 6.45) is 2.75. The number of hydrogen-bond acceptors (Lipinski definition) is 4. The van der Waals surface area contributed by atoms with Crippen LogP contribution < -0.4 is 10.5 Å². The highest BCUT2D eigenvalue weighted by molar-refractivity contribution is 7.89. The molecule has 0 spiro atoms. The van der Waals surface area contributed by atoms with Crippen molar-refractivity contribution in [2.24, 2.45) is 12.8 Å². The average Bonchev–Trinajstić information content (AvgIpc) is 2.84. The number of aromatic nitrogens is 2. The molecule has 6 nitrogen and oxygen atoms in total. The maximum absolute atomic E-state index is 12.0. The van der Waals surface area contributed by atoms with Crippen LogP contribution in [0.15, 0.2) is 41.6 Å². The molecule has 1 aromatic heterocycles. The van der Waals surface area contributed by atoms with Gasteiger partial charge < -0.3 is 5.73 Å². The lowest BCUT2D eigenvalue weighted by Crippen LogP contribution is -2.23. The lowest BCUT2D eigenvalue weighted by atomic mass is 10.1. The molecule has 20 heavy (non-hydrogen) atoms. The molecule has 0 bridgehead atoms. The van der Waals surface area contributed by atoms with E-state index in [9.17, 15) is 8.42 Å². The summed E-state index contributed by atoms with van der Waals surface area (Å²) in [5.41, 5.74) is 7.06. The molecule has 3 N–H and O–H groups in total. The quantitative estimate of drug-likeness (QED) is 0.786. The van der Waals surface area contributed by atoms with Crippen molar-refractivity contribution < 1.29 is 8.42 Å². The van der Waals surface area contributed by atoms with E-state index in [0.29, 0.717) is 4.99 Å². The number of benzene rings is 1. The maximum atomic E-state index is 12.0. The summed E-state index contributed by atoms with van der Waals surface area (Å²) in [6, 6.07) is 7.08. The van der Waals surface area contributed by atoms with Crippen molar-refractivity contribution in [1.29, 1.82) is 0 Å². The first kappa shape index (κ1) is 14.6. The summed E-state index contributed by atoms with van der Waals surface area (Å²) >= 11 is 4.85. The Balaban J connectivity index is 2.06. The van der Waals surface area contributed by atoms with E-state index in [4.69, 9.17) is 18.0 Å².